The van der Waals surface area contributed by atoms with Crippen molar-refractivity contribution >= 4 is 18.1 Å². The highest BCUT2D eigenvalue weighted by atomic mass is 16.5. The second kappa shape index (κ2) is 6.13. The first-order valence-electron chi connectivity index (χ1n) is 5.67. The Balaban J connectivity index is 1.99. The summed E-state index contributed by atoms with van der Waals surface area (Å²) < 4.78 is 5.17. The van der Waals surface area contributed by atoms with Crippen LogP contribution in [0, 0.1) is 0 Å². The number of anilines is 1. The number of carbonyl (C=O) groups excluding carboxylic acids is 2. The molecule has 0 bridgehead atoms. The number of para-hydroxylation sites is 1. The molecular formula is C12H14N3O3. The van der Waals surface area contributed by atoms with Gasteiger partial charge in [0.05, 0.1) is 18.9 Å². The van der Waals surface area contributed by atoms with Crippen LogP contribution in [0.25, 0.3) is 0 Å². The minimum absolute atomic E-state index is 0.484. The Kier molecular flexibility index (Phi) is 4.27. The van der Waals surface area contributed by atoms with Gasteiger partial charge in [0.1, 0.15) is 0 Å². The lowest BCUT2D eigenvalue weighted by Crippen LogP contribution is -2.52. The molecule has 1 aliphatic heterocycles. The number of hydrogen-bond donors (Lipinski definition) is 1. The van der Waals surface area contributed by atoms with Gasteiger partial charge in [-0.2, -0.15) is 0 Å². The summed E-state index contributed by atoms with van der Waals surface area (Å²) in [5, 5.41) is 1.72. The third-order valence-electron chi connectivity index (χ3n) is 2.57. The van der Waals surface area contributed by atoms with E-state index in [-0.39, 0.29) is 0 Å². The summed E-state index contributed by atoms with van der Waals surface area (Å²) in [6, 6.07) is 8.14. The number of nitrogens with zero attached hydrogens (tertiary/aromatic N) is 2. The number of hydrogen-bond acceptors (Lipinski definition) is 4. The van der Waals surface area contributed by atoms with Crippen LogP contribution in [0.1, 0.15) is 0 Å². The van der Waals surface area contributed by atoms with E-state index in [2.05, 4.69) is 5.43 Å². The maximum Gasteiger partial charge on any atom is 0.343 e. The fraction of sp³-hybridized carbons (Fsp3) is 0.333. The number of morpholine rings is 1. The molecule has 1 saturated heterocycles. The highest BCUT2D eigenvalue weighted by Crippen LogP contribution is 2.11. The second-order valence-corrected chi connectivity index (χ2v) is 3.78. The zero-order chi connectivity index (χ0) is 12.8. The fourth-order valence-electron chi connectivity index (χ4n) is 1.65. The van der Waals surface area contributed by atoms with Crippen LogP contribution in [-0.2, 0) is 9.53 Å². The van der Waals surface area contributed by atoms with Crippen molar-refractivity contribution in [3.63, 3.8) is 0 Å². The number of carbonyl (C=O) groups is 1. The Labute approximate surface area is 105 Å². The third kappa shape index (κ3) is 3.06. The molecule has 1 N–H and O–H groups in total. The number of rotatable bonds is 3. The monoisotopic (exact) mass is 248 g/mol. The summed E-state index contributed by atoms with van der Waals surface area (Å²) in [4.78, 5) is 23.7. The molecule has 3 amide bonds. The molecule has 1 aromatic rings. The molecule has 1 radical (unpaired) electrons. The number of urea groups is 1. The van der Waals surface area contributed by atoms with Crippen LogP contribution in [0.3, 0.4) is 0 Å². The van der Waals surface area contributed by atoms with Gasteiger partial charge in [-0.1, -0.05) is 18.2 Å². The number of imide groups is 1. The van der Waals surface area contributed by atoms with Crippen molar-refractivity contribution in [2.45, 2.75) is 0 Å². The lowest BCUT2D eigenvalue weighted by Gasteiger charge is -2.28. The lowest BCUT2D eigenvalue weighted by molar-refractivity contribution is 0.0204. The van der Waals surface area contributed by atoms with Crippen LogP contribution in [0.4, 0.5) is 10.5 Å². The normalized spacial score (nSPS) is 16.0. The van der Waals surface area contributed by atoms with Crippen LogP contribution in [0.15, 0.2) is 30.3 Å². The van der Waals surface area contributed by atoms with E-state index >= 15 is 0 Å². The average Bonchev–Trinajstić information content (AvgIpc) is 2.42. The zero-order valence-electron chi connectivity index (χ0n) is 9.83. The maximum atomic E-state index is 11.9. The number of hydrazine groups is 1. The van der Waals surface area contributed by atoms with Crippen molar-refractivity contribution < 1.29 is 14.3 Å². The van der Waals surface area contributed by atoms with Gasteiger partial charge in [-0.15, -0.1) is 0 Å². The first-order valence-corrected chi connectivity index (χ1v) is 5.67. The summed E-state index contributed by atoms with van der Waals surface area (Å²) in [7, 11) is 0. The predicted molar refractivity (Wildman–Crippen MR) is 65.5 cm³/mol. The average molecular weight is 248 g/mol. The Morgan fingerprint density at radius 2 is 1.94 bits per heavy atom. The lowest BCUT2D eigenvalue weighted by atomic mass is 10.3. The van der Waals surface area contributed by atoms with Crippen LogP contribution in [0.2, 0.25) is 0 Å². The minimum Gasteiger partial charge on any atom is -0.379 e. The molecule has 1 aliphatic rings. The molecule has 1 aromatic carbocycles. The van der Waals surface area contributed by atoms with Gasteiger partial charge in [-0.05, 0) is 12.1 Å². The maximum absolute atomic E-state index is 11.9. The van der Waals surface area contributed by atoms with Crippen molar-refractivity contribution in [1.29, 1.82) is 0 Å². The standard InChI is InChI=1S/C12H14N3O3/c16-10-15(11-4-2-1-3-5-11)12(17)13-14-6-8-18-9-7-14/h1-5H,6-9H2,(H,13,17). The number of amides is 3. The largest absolute Gasteiger partial charge is 0.379 e. The molecule has 18 heavy (non-hydrogen) atoms. The van der Waals surface area contributed by atoms with Gasteiger partial charge < -0.3 is 4.74 Å². The molecule has 1 fully saturated rings. The summed E-state index contributed by atoms with van der Waals surface area (Å²) in [6.45, 7) is 2.34. The molecule has 1 heterocycles. The van der Waals surface area contributed by atoms with Crippen molar-refractivity contribution in [2.75, 3.05) is 31.2 Å². The van der Waals surface area contributed by atoms with Crippen molar-refractivity contribution in [2.24, 2.45) is 0 Å². The van der Waals surface area contributed by atoms with E-state index < -0.39 is 6.03 Å². The molecular weight excluding hydrogens is 234 g/mol. The highest BCUT2D eigenvalue weighted by molar-refractivity contribution is 6.05. The van der Waals surface area contributed by atoms with E-state index in [0.717, 1.165) is 4.90 Å². The highest BCUT2D eigenvalue weighted by Gasteiger charge is 2.19. The van der Waals surface area contributed by atoms with E-state index in [1.807, 2.05) is 6.07 Å². The van der Waals surface area contributed by atoms with Crippen molar-refractivity contribution in [3.8, 4) is 0 Å². The van der Waals surface area contributed by atoms with Gasteiger partial charge >= 0.3 is 12.4 Å². The SMILES string of the molecule is O=[C]N(C(=O)NN1CCOCC1)c1ccccc1. The van der Waals surface area contributed by atoms with Crippen LogP contribution in [-0.4, -0.2) is 43.8 Å². The van der Waals surface area contributed by atoms with Gasteiger partial charge in [0.15, 0.2) is 0 Å². The second-order valence-electron chi connectivity index (χ2n) is 3.78. The zero-order valence-corrected chi connectivity index (χ0v) is 9.83. The van der Waals surface area contributed by atoms with E-state index in [9.17, 15) is 9.59 Å². The Morgan fingerprint density at radius 3 is 2.56 bits per heavy atom. The first kappa shape index (κ1) is 12.5. The molecule has 0 saturated carbocycles. The van der Waals surface area contributed by atoms with Gasteiger partial charge in [-0.3, -0.25) is 10.2 Å². The first-order chi connectivity index (χ1) is 8.81. The van der Waals surface area contributed by atoms with Crippen LogP contribution >= 0.6 is 0 Å². The molecule has 0 aromatic heterocycles. The smallest absolute Gasteiger partial charge is 0.343 e. The molecule has 0 unspecified atom stereocenters. The molecule has 95 valence electrons. The molecule has 0 atom stereocenters. The molecule has 2 rings (SSSR count). The van der Waals surface area contributed by atoms with Crippen LogP contribution in [0.5, 0.6) is 0 Å². The number of ether oxygens (including phenoxy) is 1. The molecule has 6 nitrogen and oxygen atoms in total. The molecule has 0 spiro atoms. The van der Waals surface area contributed by atoms with E-state index in [1.54, 1.807) is 35.7 Å². The quantitative estimate of drug-likeness (QED) is 0.792. The van der Waals surface area contributed by atoms with Crippen molar-refractivity contribution in [3.05, 3.63) is 30.3 Å². The Morgan fingerprint density at radius 1 is 1.28 bits per heavy atom. The minimum atomic E-state index is -0.516. The Bertz CT molecular complexity index is 404. The summed E-state index contributed by atoms with van der Waals surface area (Å²) in [6.07, 6.45) is 1.62. The predicted octanol–water partition coefficient (Wildman–Crippen LogP) is 0.517. The fourth-order valence-corrected chi connectivity index (χ4v) is 1.65. The summed E-state index contributed by atoms with van der Waals surface area (Å²) >= 11 is 0. The van der Waals surface area contributed by atoms with Gasteiger partial charge in [0.25, 0.3) is 0 Å². The molecule has 0 aliphatic carbocycles. The van der Waals surface area contributed by atoms with Gasteiger partial charge in [0, 0.05) is 13.1 Å². The van der Waals surface area contributed by atoms with Crippen LogP contribution < -0.4 is 10.3 Å². The van der Waals surface area contributed by atoms with E-state index in [1.165, 1.54) is 0 Å². The molecule has 6 heteroatoms. The number of benzene rings is 1. The van der Waals surface area contributed by atoms with E-state index in [0.29, 0.717) is 32.0 Å². The van der Waals surface area contributed by atoms with Crippen molar-refractivity contribution in [1.82, 2.24) is 10.4 Å². The van der Waals surface area contributed by atoms with Gasteiger partial charge in [-0.25, -0.2) is 14.7 Å². The summed E-state index contributed by atoms with van der Waals surface area (Å²) in [5.74, 6) is 0. The topological polar surface area (TPSA) is 61.9 Å². The number of nitrogens with one attached hydrogen (secondary N) is 1. The Hall–Kier alpha value is -1.92. The van der Waals surface area contributed by atoms with E-state index in [4.69, 9.17) is 4.74 Å². The third-order valence-corrected chi connectivity index (χ3v) is 2.57. The summed E-state index contributed by atoms with van der Waals surface area (Å²) in [5.41, 5.74) is 3.13. The van der Waals surface area contributed by atoms with Gasteiger partial charge in [0.2, 0.25) is 0 Å².